The number of fused-ring (bicyclic) bond motifs is 1. The molecule has 0 aliphatic heterocycles. The van der Waals surface area contributed by atoms with Crippen LogP contribution in [0.25, 0.3) is 11.0 Å². The molecule has 3 rings (SSSR count). The van der Waals surface area contributed by atoms with Gasteiger partial charge in [-0.3, -0.25) is 0 Å². The van der Waals surface area contributed by atoms with E-state index in [1.807, 2.05) is 30.3 Å². The van der Waals surface area contributed by atoms with Gasteiger partial charge in [0, 0.05) is 0 Å². The Hall–Kier alpha value is -1.84. The molecule has 90 valence electrons. The quantitative estimate of drug-likeness (QED) is 0.573. The van der Waals surface area contributed by atoms with E-state index in [1.54, 1.807) is 0 Å². The third-order valence-electron chi connectivity index (χ3n) is 2.77. The molecule has 0 fully saturated rings. The zero-order valence-corrected chi connectivity index (χ0v) is 11.3. The summed E-state index contributed by atoms with van der Waals surface area (Å²) >= 11 is -0.0285. The molecule has 1 heterocycles. The molecule has 0 amide bonds. The number of rotatable bonds is 3. The Morgan fingerprint density at radius 3 is 2.72 bits per heavy atom. The molecule has 0 unspecified atom stereocenters. The Labute approximate surface area is 111 Å². The van der Waals surface area contributed by atoms with E-state index in [4.69, 9.17) is 5.73 Å². The molecule has 0 aliphatic rings. The predicted octanol–water partition coefficient (Wildman–Crippen LogP) is 1.88. The minimum atomic E-state index is -0.0285. The van der Waals surface area contributed by atoms with Crippen molar-refractivity contribution >= 4 is 37.4 Å². The van der Waals surface area contributed by atoms with Crippen molar-refractivity contribution in [1.82, 2.24) is 7.96 Å². The number of hydrogen-bond donors (Lipinski definition) is 2. The fraction of sp³-hybridized carbons (Fsp3) is 0.0769. The summed E-state index contributed by atoms with van der Waals surface area (Å²) in [6.45, 7) is 0.740. The molecule has 3 aromatic rings. The van der Waals surface area contributed by atoms with Crippen LogP contribution in [-0.2, 0) is 6.54 Å². The van der Waals surface area contributed by atoms with Gasteiger partial charge in [-0.2, -0.15) is 0 Å². The first-order valence-electron chi connectivity index (χ1n) is 5.63. The molecule has 0 spiro atoms. The summed E-state index contributed by atoms with van der Waals surface area (Å²) in [4.78, 5) is 0. The van der Waals surface area contributed by atoms with Crippen molar-refractivity contribution in [1.29, 1.82) is 0 Å². The van der Waals surface area contributed by atoms with Crippen LogP contribution in [0.2, 0.25) is 0 Å². The molecule has 0 aliphatic carbocycles. The maximum atomic E-state index is 6.00. The molecular formula is C13H12N4Se. The normalized spacial score (nSPS) is 10.7. The number of nitrogens with zero attached hydrogens (tertiary/aromatic N) is 2. The van der Waals surface area contributed by atoms with E-state index in [2.05, 4.69) is 25.4 Å². The molecule has 0 bridgehead atoms. The molecule has 5 heteroatoms. The van der Waals surface area contributed by atoms with E-state index in [9.17, 15) is 0 Å². The van der Waals surface area contributed by atoms with Gasteiger partial charge in [-0.1, -0.05) is 0 Å². The van der Waals surface area contributed by atoms with Crippen LogP contribution in [0, 0.1) is 0 Å². The average molecular weight is 303 g/mol. The summed E-state index contributed by atoms with van der Waals surface area (Å²) in [5.41, 5.74) is 10.7. The van der Waals surface area contributed by atoms with Crippen molar-refractivity contribution in [3.63, 3.8) is 0 Å². The van der Waals surface area contributed by atoms with Crippen LogP contribution >= 0.6 is 0 Å². The number of benzene rings is 2. The summed E-state index contributed by atoms with van der Waals surface area (Å²) in [5.74, 6) is 0. The number of nitrogens with two attached hydrogens (primary N) is 1. The van der Waals surface area contributed by atoms with Gasteiger partial charge < -0.3 is 0 Å². The fourth-order valence-corrected chi connectivity index (χ4v) is 2.98. The fourth-order valence-electron chi connectivity index (χ4n) is 1.84. The van der Waals surface area contributed by atoms with Crippen LogP contribution < -0.4 is 11.1 Å². The Bertz CT molecular complexity index is 663. The Morgan fingerprint density at radius 2 is 1.89 bits per heavy atom. The average Bonchev–Trinajstić information content (AvgIpc) is 2.87. The number of nitrogen functional groups attached to an aromatic ring is 1. The van der Waals surface area contributed by atoms with Gasteiger partial charge >= 0.3 is 111 Å². The first-order valence-corrected chi connectivity index (χ1v) is 7.16. The third-order valence-corrected chi connectivity index (χ3v) is 3.91. The Morgan fingerprint density at radius 1 is 1.06 bits per heavy atom. The molecule has 2 aromatic carbocycles. The first-order chi connectivity index (χ1) is 8.84. The minimum absolute atomic E-state index is 0.0285. The number of nitrogens with one attached hydrogen (secondary N) is 1. The number of hydrogen-bond acceptors (Lipinski definition) is 4. The van der Waals surface area contributed by atoms with Crippen molar-refractivity contribution in [2.45, 2.75) is 6.54 Å². The van der Waals surface area contributed by atoms with E-state index >= 15 is 0 Å². The second-order valence-corrected chi connectivity index (χ2v) is 5.11. The molecule has 4 nitrogen and oxygen atoms in total. The Balaban J connectivity index is 1.90. The van der Waals surface area contributed by atoms with Gasteiger partial charge in [-0.25, -0.2) is 0 Å². The molecule has 0 radical (unpaired) electrons. The van der Waals surface area contributed by atoms with E-state index in [0.29, 0.717) is 0 Å². The van der Waals surface area contributed by atoms with Crippen molar-refractivity contribution < 1.29 is 0 Å². The van der Waals surface area contributed by atoms with Crippen molar-refractivity contribution in [3.8, 4) is 0 Å². The number of anilines is 2. The molecule has 18 heavy (non-hydrogen) atoms. The van der Waals surface area contributed by atoms with Crippen LogP contribution in [0.1, 0.15) is 5.56 Å². The Kier molecular flexibility index (Phi) is 3.00. The van der Waals surface area contributed by atoms with E-state index < -0.39 is 0 Å². The standard InChI is InChI=1S/C13H12N4Se/c14-10-6-7-11-13(17-18-16-11)12(10)15-8-9-4-2-1-3-5-9/h1-7,15H,8,14H2. The van der Waals surface area contributed by atoms with Crippen LogP contribution in [0.15, 0.2) is 42.5 Å². The molecule has 0 atom stereocenters. The molecule has 3 N–H and O–H groups in total. The van der Waals surface area contributed by atoms with Gasteiger partial charge in [0.15, 0.2) is 0 Å². The summed E-state index contributed by atoms with van der Waals surface area (Å²) in [6.07, 6.45) is 0. The SMILES string of the molecule is Nc1ccc2n[se]nc2c1NCc1ccccc1. The monoisotopic (exact) mass is 304 g/mol. The third kappa shape index (κ3) is 2.10. The molecule has 0 saturated carbocycles. The van der Waals surface area contributed by atoms with Crippen LogP contribution in [0.5, 0.6) is 0 Å². The van der Waals surface area contributed by atoms with Gasteiger partial charge in [0.05, 0.1) is 0 Å². The summed E-state index contributed by atoms with van der Waals surface area (Å²) < 4.78 is 8.78. The van der Waals surface area contributed by atoms with Crippen LogP contribution in [0.4, 0.5) is 11.4 Å². The zero-order valence-electron chi connectivity index (χ0n) is 9.63. The maximum absolute atomic E-state index is 6.00. The first kappa shape index (κ1) is 11.3. The summed E-state index contributed by atoms with van der Waals surface area (Å²) in [5, 5.41) is 3.36. The van der Waals surface area contributed by atoms with Crippen molar-refractivity contribution in [2.24, 2.45) is 0 Å². The van der Waals surface area contributed by atoms with Gasteiger partial charge in [0.2, 0.25) is 0 Å². The van der Waals surface area contributed by atoms with Gasteiger partial charge in [0.1, 0.15) is 0 Å². The van der Waals surface area contributed by atoms with Gasteiger partial charge in [-0.15, -0.1) is 0 Å². The summed E-state index contributed by atoms with van der Waals surface area (Å²) in [6, 6.07) is 14.0. The van der Waals surface area contributed by atoms with E-state index in [1.165, 1.54) is 5.56 Å². The van der Waals surface area contributed by atoms with E-state index in [-0.39, 0.29) is 15.0 Å². The topological polar surface area (TPSA) is 63.8 Å². The zero-order chi connectivity index (χ0) is 12.4. The summed E-state index contributed by atoms with van der Waals surface area (Å²) in [7, 11) is 0. The van der Waals surface area contributed by atoms with Crippen LogP contribution in [-0.4, -0.2) is 22.9 Å². The predicted molar refractivity (Wildman–Crippen MR) is 74.7 cm³/mol. The van der Waals surface area contributed by atoms with Crippen molar-refractivity contribution in [3.05, 3.63) is 48.0 Å². The van der Waals surface area contributed by atoms with Gasteiger partial charge in [-0.05, 0) is 0 Å². The van der Waals surface area contributed by atoms with Crippen LogP contribution in [0.3, 0.4) is 0 Å². The van der Waals surface area contributed by atoms with Crippen molar-refractivity contribution in [2.75, 3.05) is 11.1 Å². The molecule has 0 saturated heterocycles. The molecular weight excluding hydrogens is 291 g/mol. The number of aromatic nitrogens is 2. The second-order valence-electron chi connectivity index (χ2n) is 4.00. The van der Waals surface area contributed by atoms with E-state index in [0.717, 1.165) is 29.0 Å². The molecule has 1 aromatic heterocycles. The van der Waals surface area contributed by atoms with Gasteiger partial charge in [0.25, 0.3) is 0 Å². The second kappa shape index (κ2) is 4.80.